The molecule has 0 aliphatic carbocycles. The Balaban J connectivity index is 1.84. The van der Waals surface area contributed by atoms with Crippen LogP contribution in [0.4, 0.5) is 0 Å². The largest absolute Gasteiger partial charge is 0.457 e. The van der Waals surface area contributed by atoms with Crippen molar-refractivity contribution in [3.63, 3.8) is 0 Å². The van der Waals surface area contributed by atoms with Gasteiger partial charge in [0.1, 0.15) is 23.6 Å². The van der Waals surface area contributed by atoms with Crippen LogP contribution in [-0.4, -0.2) is 0 Å². The Bertz CT molecular complexity index is 1050. The minimum absolute atomic E-state index is 0.118. The quantitative estimate of drug-likeness (QED) is 0.591. The summed E-state index contributed by atoms with van der Waals surface area (Å²) in [6.07, 6.45) is 0. The molecule has 0 aliphatic rings. The molecule has 0 atom stereocenters. The number of rotatable bonds is 4. The standard InChI is InChI=1S/C24H20N2O/c1-17-5-4-6-21(13-17)24(2,3)20-8-11-22(12-9-20)27-23-10-7-18(15-25)19(14-23)16-26/h4-14H,1-3H3. The molecule has 3 heteroatoms. The van der Waals surface area contributed by atoms with Crippen LogP contribution < -0.4 is 4.74 Å². The van der Waals surface area contributed by atoms with E-state index in [1.807, 2.05) is 24.3 Å². The lowest BCUT2D eigenvalue weighted by Gasteiger charge is -2.26. The van der Waals surface area contributed by atoms with Crippen LogP contribution in [0.2, 0.25) is 0 Å². The van der Waals surface area contributed by atoms with E-state index in [1.165, 1.54) is 16.7 Å². The maximum Gasteiger partial charge on any atom is 0.128 e. The topological polar surface area (TPSA) is 56.8 Å². The van der Waals surface area contributed by atoms with Crippen molar-refractivity contribution in [1.29, 1.82) is 10.5 Å². The zero-order valence-corrected chi connectivity index (χ0v) is 15.7. The van der Waals surface area contributed by atoms with Crippen LogP contribution in [-0.2, 0) is 5.41 Å². The second-order valence-electron chi connectivity index (χ2n) is 7.05. The molecule has 3 aromatic carbocycles. The van der Waals surface area contributed by atoms with Gasteiger partial charge >= 0.3 is 0 Å². The van der Waals surface area contributed by atoms with Crippen molar-refractivity contribution < 1.29 is 4.74 Å². The second-order valence-corrected chi connectivity index (χ2v) is 7.05. The summed E-state index contributed by atoms with van der Waals surface area (Å²) in [6.45, 7) is 6.51. The molecule has 3 nitrogen and oxygen atoms in total. The molecule has 0 fully saturated rings. The predicted molar refractivity (Wildman–Crippen MR) is 106 cm³/mol. The third-order valence-corrected chi connectivity index (χ3v) is 4.78. The molecule has 0 saturated heterocycles. The normalized spacial score (nSPS) is 10.7. The minimum atomic E-state index is -0.118. The lowest BCUT2D eigenvalue weighted by atomic mass is 9.78. The first kappa shape index (κ1) is 18.2. The number of hydrogen-bond acceptors (Lipinski definition) is 3. The van der Waals surface area contributed by atoms with Gasteiger partial charge < -0.3 is 4.74 Å². The number of aryl methyl sites for hydroxylation is 1. The Kier molecular flexibility index (Phi) is 4.97. The van der Waals surface area contributed by atoms with E-state index in [-0.39, 0.29) is 5.41 Å². The maximum atomic E-state index is 9.14. The van der Waals surface area contributed by atoms with Crippen molar-refractivity contribution in [1.82, 2.24) is 0 Å². The average Bonchev–Trinajstić information content (AvgIpc) is 2.68. The van der Waals surface area contributed by atoms with Gasteiger partial charge in [-0.1, -0.05) is 55.8 Å². The molecule has 0 aromatic heterocycles. The van der Waals surface area contributed by atoms with Crippen molar-refractivity contribution in [2.75, 3.05) is 0 Å². The Morgan fingerprint density at radius 2 is 1.41 bits per heavy atom. The fraction of sp³-hybridized carbons (Fsp3) is 0.167. The van der Waals surface area contributed by atoms with Gasteiger partial charge in [-0.15, -0.1) is 0 Å². The first-order chi connectivity index (χ1) is 12.9. The molecule has 132 valence electrons. The molecule has 0 saturated carbocycles. The van der Waals surface area contributed by atoms with Crippen molar-refractivity contribution in [2.45, 2.75) is 26.2 Å². The third kappa shape index (κ3) is 3.84. The highest BCUT2D eigenvalue weighted by Gasteiger charge is 2.23. The Labute approximate surface area is 160 Å². The van der Waals surface area contributed by atoms with Crippen LogP contribution >= 0.6 is 0 Å². The zero-order valence-electron chi connectivity index (χ0n) is 15.7. The molecule has 0 N–H and O–H groups in total. The number of nitriles is 2. The first-order valence-corrected chi connectivity index (χ1v) is 8.74. The summed E-state index contributed by atoms with van der Waals surface area (Å²) in [6, 6.07) is 25.4. The monoisotopic (exact) mass is 352 g/mol. The van der Waals surface area contributed by atoms with Crippen LogP contribution in [0.3, 0.4) is 0 Å². The summed E-state index contributed by atoms with van der Waals surface area (Å²) in [5.74, 6) is 1.23. The van der Waals surface area contributed by atoms with Gasteiger partial charge in [0.15, 0.2) is 0 Å². The van der Waals surface area contributed by atoms with Crippen LogP contribution in [0.25, 0.3) is 0 Å². The lowest BCUT2D eigenvalue weighted by molar-refractivity contribution is 0.481. The SMILES string of the molecule is Cc1cccc(C(C)(C)c2ccc(Oc3ccc(C#N)c(C#N)c3)cc2)c1. The van der Waals surface area contributed by atoms with E-state index in [0.29, 0.717) is 22.6 Å². The van der Waals surface area contributed by atoms with E-state index >= 15 is 0 Å². The summed E-state index contributed by atoms with van der Waals surface area (Å²) < 4.78 is 5.85. The molecule has 0 amide bonds. The van der Waals surface area contributed by atoms with Gasteiger partial charge in [0.25, 0.3) is 0 Å². The summed E-state index contributed by atoms with van der Waals surface area (Å²) in [5.41, 5.74) is 4.24. The van der Waals surface area contributed by atoms with Gasteiger partial charge in [0.05, 0.1) is 11.1 Å². The molecule has 0 aliphatic heterocycles. The molecule has 3 rings (SSSR count). The fourth-order valence-corrected chi connectivity index (χ4v) is 3.05. The molecule has 3 aromatic rings. The minimum Gasteiger partial charge on any atom is -0.457 e. The fourth-order valence-electron chi connectivity index (χ4n) is 3.05. The number of ether oxygens (including phenoxy) is 1. The molecule has 0 heterocycles. The van der Waals surface area contributed by atoms with Crippen molar-refractivity contribution in [3.05, 3.63) is 94.5 Å². The van der Waals surface area contributed by atoms with Crippen LogP contribution in [0.15, 0.2) is 66.7 Å². The lowest BCUT2D eigenvalue weighted by Crippen LogP contribution is -2.18. The van der Waals surface area contributed by atoms with Gasteiger partial charge in [0, 0.05) is 5.41 Å². The second kappa shape index (κ2) is 7.36. The zero-order chi connectivity index (χ0) is 19.4. The highest BCUT2D eigenvalue weighted by Crippen LogP contribution is 2.33. The smallest absolute Gasteiger partial charge is 0.128 e. The van der Waals surface area contributed by atoms with E-state index < -0.39 is 0 Å². The summed E-state index contributed by atoms with van der Waals surface area (Å²) >= 11 is 0. The van der Waals surface area contributed by atoms with Crippen LogP contribution in [0.1, 0.15) is 41.7 Å². The third-order valence-electron chi connectivity index (χ3n) is 4.78. The van der Waals surface area contributed by atoms with Gasteiger partial charge in [0.2, 0.25) is 0 Å². The number of nitrogens with zero attached hydrogens (tertiary/aromatic N) is 2. The summed E-state index contributed by atoms with van der Waals surface area (Å²) in [7, 11) is 0. The molecule has 0 bridgehead atoms. The molecular weight excluding hydrogens is 332 g/mol. The van der Waals surface area contributed by atoms with E-state index in [2.05, 4.69) is 57.2 Å². The number of benzene rings is 3. The van der Waals surface area contributed by atoms with E-state index in [1.54, 1.807) is 18.2 Å². The van der Waals surface area contributed by atoms with Crippen LogP contribution in [0.5, 0.6) is 11.5 Å². The van der Waals surface area contributed by atoms with E-state index in [9.17, 15) is 0 Å². The Morgan fingerprint density at radius 3 is 2.04 bits per heavy atom. The van der Waals surface area contributed by atoms with Gasteiger partial charge in [-0.25, -0.2) is 0 Å². The van der Waals surface area contributed by atoms with Gasteiger partial charge in [-0.2, -0.15) is 10.5 Å². The van der Waals surface area contributed by atoms with Crippen molar-refractivity contribution >= 4 is 0 Å². The van der Waals surface area contributed by atoms with E-state index in [0.717, 1.165) is 0 Å². The van der Waals surface area contributed by atoms with Gasteiger partial charge in [-0.3, -0.25) is 0 Å². The molecule has 0 spiro atoms. The van der Waals surface area contributed by atoms with Crippen molar-refractivity contribution in [3.8, 4) is 23.6 Å². The molecule has 27 heavy (non-hydrogen) atoms. The highest BCUT2D eigenvalue weighted by atomic mass is 16.5. The van der Waals surface area contributed by atoms with Crippen molar-refractivity contribution in [2.24, 2.45) is 0 Å². The highest BCUT2D eigenvalue weighted by molar-refractivity contribution is 5.50. The summed E-state index contributed by atoms with van der Waals surface area (Å²) in [5, 5.41) is 18.1. The molecule has 0 unspecified atom stereocenters. The predicted octanol–water partition coefficient (Wildman–Crippen LogP) is 5.86. The first-order valence-electron chi connectivity index (χ1n) is 8.74. The maximum absolute atomic E-state index is 9.14. The Morgan fingerprint density at radius 1 is 0.741 bits per heavy atom. The Hall–Kier alpha value is -3.56. The van der Waals surface area contributed by atoms with Crippen LogP contribution in [0, 0.1) is 29.6 Å². The summed E-state index contributed by atoms with van der Waals surface area (Å²) in [4.78, 5) is 0. The number of hydrogen-bond donors (Lipinski definition) is 0. The molecular formula is C24H20N2O. The van der Waals surface area contributed by atoms with E-state index in [4.69, 9.17) is 15.3 Å². The molecule has 0 radical (unpaired) electrons. The van der Waals surface area contributed by atoms with Gasteiger partial charge in [-0.05, 0) is 48.4 Å². The average molecular weight is 352 g/mol.